The molecule has 0 aromatic heterocycles. The quantitative estimate of drug-likeness (QED) is 0.516. The van der Waals surface area contributed by atoms with E-state index in [1.165, 1.54) is 0 Å². The van der Waals surface area contributed by atoms with Gasteiger partial charge in [-0.05, 0) is 25.2 Å². The number of ether oxygens (including phenoxy) is 1. The molecular formula is C14H26N2O5. The molecule has 0 aromatic rings. The maximum Gasteiger partial charge on any atom is 0.306 e. The smallest absolute Gasteiger partial charge is 0.306 e. The maximum atomic E-state index is 11.8. The summed E-state index contributed by atoms with van der Waals surface area (Å²) in [5.74, 6) is -2.26. The molecule has 0 aromatic carbocycles. The van der Waals surface area contributed by atoms with Crippen LogP contribution < -0.4 is 11.1 Å². The number of carbonyl (C=O) groups excluding carboxylic acids is 3. The van der Waals surface area contributed by atoms with Crippen LogP contribution in [0.3, 0.4) is 0 Å². The number of aliphatic hydroxyl groups is 1. The predicted octanol–water partition coefficient (Wildman–Crippen LogP) is -0.0472. The first-order chi connectivity index (χ1) is 9.68. The fourth-order valence-electron chi connectivity index (χ4n) is 1.90. The molecule has 0 bridgehead atoms. The van der Waals surface area contributed by atoms with Crippen LogP contribution in [0.4, 0.5) is 0 Å². The lowest BCUT2D eigenvalue weighted by molar-refractivity contribution is -0.145. The standard InChI is InChI=1S/C14H26N2O5/c1-5-21-11(18)7-9(4)12(13(15)19)16-14(20)10(17)6-8(2)3/h8-10,12,17H,5-7H2,1-4H3,(H2,15,19)(H,16,20)/t9-,10+,12+/m1/s1. The Morgan fingerprint density at radius 1 is 1.24 bits per heavy atom. The summed E-state index contributed by atoms with van der Waals surface area (Å²) in [4.78, 5) is 34.7. The molecule has 0 radical (unpaired) electrons. The minimum atomic E-state index is -1.21. The largest absolute Gasteiger partial charge is 0.466 e. The van der Waals surface area contributed by atoms with E-state index in [-0.39, 0.29) is 25.4 Å². The van der Waals surface area contributed by atoms with E-state index < -0.39 is 35.8 Å². The molecule has 0 aliphatic carbocycles. The van der Waals surface area contributed by atoms with Gasteiger partial charge in [0, 0.05) is 0 Å². The second-order valence-corrected chi connectivity index (χ2v) is 5.52. The van der Waals surface area contributed by atoms with Crippen molar-refractivity contribution >= 4 is 17.8 Å². The topological polar surface area (TPSA) is 119 Å². The van der Waals surface area contributed by atoms with Crippen LogP contribution in [-0.2, 0) is 19.1 Å². The van der Waals surface area contributed by atoms with Crippen LogP contribution >= 0.6 is 0 Å². The van der Waals surface area contributed by atoms with Gasteiger partial charge >= 0.3 is 5.97 Å². The van der Waals surface area contributed by atoms with Crippen LogP contribution in [0, 0.1) is 11.8 Å². The first-order valence-corrected chi connectivity index (χ1v) is 7.12. The van der Waals surface area contributed by atoms with Crippen LogP contribution in [0.1, 0.15) is 40.5 Å². The van der Waals surface area contributed by atoms with Gasteiger partial charge in [0.15, 0.2) is 0 Å². The average molecular weight is 302 g/mol. The number of primary amides is 1. The summed E-state index contributed by atoms with van der Waals surface area (Å²) in [6, 6.07) is -1.02. The van der Waals surface area contributed by atoms with Crippen molar-refractivity contribution in [1.29, 1.82) is 0 Å². The molecule has 0 saturated carbocycles. The summed E-state index contributed by atoms with van der Waals surface area (Å²) < 4.78 is 4.79. The third-order valence-electron chi connectivity index (χ3n) is 2.96. The van der Waals surface area contributed by atoms with Crippen molar-refractivity contribution in [3.05, 3.63) is 0 Å². The Morgan fingerprint density at radius 2 is 1.81 bits per heavy atom. The van der Waals surface area contributed by atoms with Gasteiger partial charge in [0.1, 0.15) is 12.1 Å². The van der Waals surface area contributed by atoms with Gasteiger partial charge in [-0.1, -0.05) is 20.8 Å². The fraction of sp³-hybridized carbons (Fsp3) is 0.786. The van der Waals surface area contributed by atoms with Crippen LogP contribution in [0.25, 0.3) is 0 Å². The molecule has 7 heteroatoms. The van der Waals surface area contributed by atoms with Gasteiger partial charge in [-0.25, -0.2) is 0 Å². The van der Waals surface area contributed by atoms with Gasteiger partial charge in [-0.2, -0.15) is 0 Å². The van der Waals surface area contributed by atoms with Gasteiger partial charge in [0.25, 0.3) is 0 Å². The summed E-state index contributed by atoms with van der Waals surface area (Å²) in [5, 5.41) is 12.1. The predicted molar refractivity (Wildman–Crippen MR) is 77.0 cm³/mol. The zero-order valence-electron chi connectivity index (χ0n) is 13.1. The van der Waals surface area contributed by atoms with Gasteiger partial charge in [-0.3, -0.25) is 14.4 Å². The number of carbonyl (C=O) groups is 3. The van der Waals surface area contributed by atoms with Crippen molar-refractivity contribution in [2.45, 2.75) is 52.7 Å². The van der Waals surface area contributed by atoms with E-state index >= 15 is 0 Å². The molecule has 4 N–H and O–H groups in total. The summed E-state index contributed by atoms with van der Waals surface area (Å²) in [5.41, 5.74) is 5.25. The van der Waals surface area contributed by atoms with Crippen molar-refractivity contribution in [2.75, 3.05) is 6.61 Å². The third-order valence-corrected chi connectivity index (χ3v) is 2.96. The molecule has 2 amide bonds. The Kier molecular flexibility index (Phi) is 8.61. The van der Waals surface area contributed by atoms with E-state index in [9.17, 15) is 19.5 Å². The van der Waals surface area contributed by atoms with Crippen LogP contribution in [0.2, 0.25) is 0 Å². The lowest BCUT2D eigenvalue weighted by atomic mass is 9.97. The minimum Gasteiger partial charge on any atom is -0.466 e. The van der Waals surface area contributed by atoms with Crippen LogP contribution in [0.15, 0.2) is 0 Å². The Labute approximate surface area is 125 Å². The molecular weight excluding hydrogens is 276 g/mol. The Balaban J connectivity index is 4.65. The lowest BCUT2D eigenvalue weighted by Crippen LogP contribution is -2.51. The second kappa shape index (κ2) is 9.33. The number of aliphatic hydroxyl groups excluding tert-OH is 1. The van der Waals surface area contributed by atoms with Crippen LogP contribution in [-0.4, -0.2) is 41.6 Å². The zero-order valence-corrected chi connectivity index (χ0v) is 13.1. The molecule has 0 aliphatic rings. The summed E-state index contributed by atoms with van der Waals surface area (Å²) in [6.45, 7) is 7.27. The number of hydrogen-bond donors (Lipinski definition) is 3. The van der Waals surface area contributed by atoms with Crippen molar-refractivity contribution in [2.24, 2.45) is 17.6 Å². The van der Waals surface area contributed by atoms with Crippen molar-refractivity contribution in [1.82, 2.24) is 5.32 Å². The highest BCUT2D eigenvalue weighted by atomic mass is 16.5. The number of hydrogen-bond acceptors (Lipinski definition) is 5. The van der Waals surface area contributed by atoms with E-state index in [0.29, 0.717) is 0 Å². The van der Waals surface area contributed by atoms with E-state index in [2.05, 4.69) is 5.32 Å². The monoisotopic (exact) mass is 302 g/mol. The van der Waals surface area contributed by atoms with Crippen molar-refractivity contribution in [3.8, 4) is 0 Å². The van der Waals surface area contributed by atoms with E-state index in [1.807, 2.05) is 13.8 Å². The van der Waals surface area contributed by atoms with Crippen LogP contribution in [0.5, 0.6) is 0 Å². The minimum absolute atomic E-state index is 0.0397. The molecule has 7 nitrogen and oxygen atoms in total. The van der Waals surface area contributed by atoms with Gasteiger partial charge < -0.3 is 20.9 Å². The summed E-state index contributed by atoms with van der Waals surface area (Å²) >= 11 is 0. The SMILES string of the molecule is CCOC(=O)C[C@@H](C)[C@H](NC(=O)[C@@H](O)CC(C)C)C(N)=O. The number of esters is 1. The van der Waals surface area contributed by atoms with Crippen molar-refractivity contribution < 1.29 is 24.2 Å². The summed E-state index contributed by atoms with van der Waals surface area (Å²) in [6.07, 6.45) is -0.965. The fourth-order valence-corrected chi connectivity index (χ4v) is 1.90. The van der Waals surface area contributed by atoms with Gasteiger partial charge in [-0.15, -0.1) is 0 Å². The highest BCUT2D eigenvalue weighted by Gasteiger charge is 2.29. The first kappa shape index (κ1) is 19.4. The zero-order chi connectivity index (χ0) is 16.6. The number of nitrogens with two attached hydrogens (primary N) is 1. The van der Waals surface area contributed by atoms with E-state index in [1.54, 1.807) is 13.8 Å². The number of rotatable bonds is 9. The molecule has 0 spiro atoms. The van der Waals surface area contributed by atoms with Gasteiger partial charge in [0.2, 0.25) is 11.8 Å². The van der Waals surface area contributed by atoms with Gasteiger partial charge in [0.05, 0.1) is 13.0 Å². The average Bonchev–Trinajstić information content (AvgIpc) is 2.34. The molecule has 122 valence electrons. The molecule has 0 saturated heterocycles. The molecule has 0 aliphatic heterocycles. The highest BCUT2D eigenvalue weighted by molar-refractivity contribution is 5.89. The van der Waals surface area contributed by atoms with E-state index in [0.717, 1.165) is 0 Å². The number of nitrogens with one attached hydrogen (secondary N) is 1. The first-order valence-electron chi connectivity index (χ1n) is 7.12. The summed E-state index contributed by atoms with van der Waals surface area (Å²) in [7, 11) is 0. The molecule has 21 heavy (non-hydrogen) atoms. The normalized spacial score (nSPS) is 15.1. The highest BCUT2D eigenvalue weighted by Crippen LogP contribution is 2.11. The molecule has 0 fully saturated rings. The Morgan fingerprint density at radius 3 is 2.24 bits per heavy atom. The Bertz CT molecular complexity index is 370. The Hall–Kier alpha value is -1.63. The second-order valence-electron chi connectivity index (χ2n) is 5.52. The molecule has 0 rings (SSSR count). The van der Waals surface area contributed by atoms with E-state index in [4.69, 9.17) is 10.5 Å². The van der Waals surface area contributed by atoms with Crippen molar-refractivity contribution in [3.63, 3.8) is 0 Å². The third kappa shape index (κ3) is 7.65. The maximum absolute atomic E-state index is 11.8. The molecule has 0 unspecified atom stereocenters. The number of amides is 2. The molecule has 3 atom stereocenters. The lowest BCUT2D eigenvalue weighted by Gasteiger charge is -2.23. The molecule has 0 heterocycles.